The molecule has 0 fully saturated rings. The molecule has 0 saturated heterocycles. The first-order valence-corrected chi connectivity index (χ1v) is 45.4. The third kappa shape index (κ3) is 16.3. The monoisotopic (exact) mass is 1830 g/mol. The molecule has 626 valence electrons. The van der Waals surface area contributed by atoms with Gasteiger partial charge in [-0.2, -0.15) is 37.9 Å². The molecule has 0 radical (unpaired) electrons. The first kappa shape index (κ1) is 84.5. The van der Waals surface area contributed by atoms with Crippen LogP contribution in [0.25, 0.3) is 129 Å². The highest BCUT2D eigenvalue weighted by Crippen LogP contribution is 2.48. The number of allylic oxidation sites excluding steroid dienone is 1. The number of H-pyrrole nitrogens is 3. The SMILES string of the molecule is C=C1C=Cc2cc(-c3cc(Cl)c4c(c3)NS(=O)(=O)N4)c(-c3cccc(C#N)c3)nc2N1.Cc1c(C#N)cccc1-c1nc2[nH]ccc(=O)c2cc1-c1cc(Cl)c2c(c1)CCNS2(=O)=O.Cc1c(C#N)cccc1-c1nc2[nH]ccc(=O)c2cc1-c1cc(Cl)c2c(c1)CNS2(=O)=O.N#Cc1cccc(-c2nc3[nH]ccc(=O)c3cc2-c2cc(Cl)c3c(c2)NS(=O)(=O)N3)c1. The normalized spacial score (nSPS) is 14.5. The zero-order chi connectivity index (χ0) is 89.4. The van der Waals surface area contributed by atoms with Crippen molar-refractivity contribution in [2.45, 2.75) is 36.6 Å². The highest BCUT2D eigenvalue weighted by molar-refractivity contribution is 7.94. The van der Waals surface area contributed by atoms with Crippen molar-refractivity contribution < 1.29 is 33.7 Å². The van der Waals surface area contributed by atoms with Gasteiger partial charge in [-0.05, 0) is 186 Å². The zero-order valence-electron chi connectivity index (χ0n) is 65.7. The van der Waals surface area contributed by atoms with Crippen molar-refractivity contribution in [1.82, 2.24) is 44.3 Å². The van der Waals surface area contributed by atoms with E-state index in [1.54, 1.807) is 133 Å². The van der Waals surface area contributed by atoms with Crippen molar-refractivity contribution in [2.75, 3.05) is 30.7 Å². The summed E-state index contributed by atoms with van der Waals surface area (Å²) in [6.45, 7) is 8.01. The molecule has 0 saturated carbocycles. The molecule has 127 heavy (non-hydrogen) atoms. The van der Waals surface area contributed by atoms with Gasteiger partial charge in [0.25, 0.3) is 0 Å². The smallest absolute Gasteiger partial charge is 0.321 e. The van der Waals surface area contributed by atoms with E-state index < -0.39 is 40.5 Å². The number of hydrogen-bond donors (Lipinski definition) is 10. The average Bonchev–Trinajstić information content (AvgIpc) is 1.74. The maximum atomic E-state index is 12.5. The van der Waals surface area contributed by atoms with Gasteiger partial charge < -0.3 is 20.3 Å². The summed E-state index contributed by atoms with van der Waals surface area (Å²) in [6, 6.07) is 58.0. The fraction of sp³-hybridized carbons (Fsp3) is 0.0556. The molecule has 5 aliphatic rings. The topological polar surface area (TPSA) is 466 Å². The molecule has 0 atom stereocenters. The average molecular weight is 1840 g/mol. The molecule has 7 aromatic heterocycles. The van der Waals surface area contributed by atoms with E-state index in [2.05, 4.69) is 84.4 Å². The number of sulfonamides is 2. The molecule has 37 heteroatoms. The number of fused-ring (bicyclic) bond motifs is 8. The van der Waals surface area contributed by atoms with Crippen LogP contribution in [0.4, 0.5) is 28.6 Å². The van der Waals surface area contributed by atoms with E-state index in [1.807, 2.05) is 50.3 Å². The van der Waals surface area contributed by atoms with Gasteiger partial charge in [0, 0.05) is 106 Å². The summed E-state index contributed by atoms with van der Waals surface area (Å²) in [7, 11) is -14.7. The van der Waals surface area contributed by atoms with Crippen molar-refractivity contribution in [3.05, 3.63) is 314 Å². The van der Waals surface area contributed by atoms with Gasteiger partial charge in [0.1, 0.15) is 32.6 Å². The first-order valence-electron chi connectivity index (χ1n) is 38.0. The number of benzene rings is 8. The largest absolute Gasteiger partial charge is 0.346 e. The Kier molecular flexibility index (Phi) is 22.0. The number of nitrogens with zero attached hydrogens (tertiary/aromatic N) is 8. The minimum Gasteiger partial charge on any atom is -0.346 e. The lowest BCUT2D eigenvalue weighted by Crippen LogP contribution is -2.32. The van der Waals surface area contributed by atoms with Gasteiger partial charge >= 0.3 is 20.4 Å². The molecular formula is C90H58Cl4N18O11S4. The summed E-state index contributed by atoms with van der Waals surface area (Å²) >= 11 is 25.6. The van der Waals surface area contributed by atoms with Crippen LogP contribution in [0.1, 0.15) is 50.1 Å². The number of aromatic amines is 3. The van der Waals surface area contributed by atoms with Crippen molar-refractivity contribution in [3.8, 4) is 114 Å². The Balaban J connectivity index is 0.000000119. The van der Waals surface area contributed by atoms with Crippen LogP contribution in [0.2, 0.25) is 20.1 Å². The summed E-state index contributed by atoms with van der Waals surface area (Å²) in [5.74, 6) is 0.642. The highest BCUT2D eigenvalue weighted by atomic mass is 35.5. The van der Waals surface area contributed by atoms with E-state index in [9.17, 15) is 69.1 Å². The van der Waals surface area contributed by atoms with Crippen LogP contribution in [-0.4, -0.2) is 75.1 Å². The van der Waals surface area contributed by atoms with E-state index in [4.69, 9.17) is 61.4 Å². The lowest BCUT2D eigenvalue weighted by Gasteiger charge is -2.21. The molecule has 29 nitrogen and oxygen atoms in total. The Bertz CT molecular complexity index is 8330. The minimum absolute atomic E-state index is 0.0683. The number of aromatic nitrogens is 7. The van der Waals surface area contributed by atoms with E-state index in [1.165, 1.54) is 36.8 Å². The molecule has 8 aromatic carbocycles. The number of hydrogen-bond acceptors (Lipinski definition) is 20. The Morgan fingerprint density at radius 2 is 0.811 bits per heavy atom. The summed E-state index contributed by atoms with van der Waals surface area (Å²) < 4.78 is 112. The second-order valence-electron chi connectivity index (χ2n) is 29.3. The van der Waals surface area contributed by atoms with Gasteiger partial charge in [0.15, 0.2) is 16.3 Å². The van der Waals surface area contributed by atoms with Gasteiger partial charge in [-0.3, -0.25) is 33.3 Å². The lowest BCUT2D eigenvalue weighted by atomic mass is 9.92. The second-order valence-corrected chi connectivity index (χ2v) is 37.1. The van der Waals surface area contributed by atoms with Crippen LogP contribution in [0, 0.1) is 59.2 Å². The van der Waals surface area contributed by atoms with Crippen LogP contribution in [0.15, 0.2) is 237 Å². The number of rotatable bonds is 8. The van der Waals surface area contributed by atoms with Crippen LogP contribution in [0.5, 0.6) is 0 Å². The zero-order valence-corrected chi connectivity index (χ0v) is 72.0. The van der Waals surface area contributed by atoms with Crippen LogP contribution < -0.4 is 49.9 Å². The minimum atomic E-state index is -3.73. The molecule has 20 rings (SSSR count). The molecule has 15 aromatic rings. The van der Waals surface area contributed by atoms with E-state index in [-0.39, 0.29) is 64.9 Å². The van der Waals surface area contributed by atoms with Gasteiger partial charge in [-0.25, -0.2) is 46.2 Å². The second kappa shape index (κ2) is 33.1. The van der Waals surface area contributed by atoms with Crippen LogP contribution in [-0.2, 0) is 53.4 Å². The van der Waals surface area contributed by atoms with Crippen LogP contribution in [0.3, 0.4) is 0 Å². The summed E-state index contributed by atoms with van der Waals surface area (Å²) in [6.07, 6.45) is 8.81. The van der Waals surface area contributed by atoms with Gasteiger partial charge in [0.05, 0.1) is 128 Å². The summed E-state index contributed by atoms with van der Waals surface area (Å²) in [5, 5.41) is 42.6. The molecule has 12 heterocycles. The van der Waals surface area contributed by atoms with Crippen molar-refractivity contribution in [1.29, 1.82) is 21.0 Å². The molecule has 10 N–H and O–H groups in total. The summed E-state index contributed by atoms with van der Waals surface area (Å²) in [5.41, 5.74) is 18.2. The standard InChI is InChI=1S/C24H17ClN4O3S.C23H15ClN4O3S.C22H14ClN5O2S.C21H12ClN5O3S/c1-13-15(12-26)3-2-4-17(13)22-18(11-19-21(30)6-7-27-24(19)29-22)16-9-14-5-8-28-33(31,32)23(14)20(25)10-16;1-12-13(10-25)3-2-4-16(12)21-17(9-18-20(29)5-6-26-23(18)28-21)14-7-15-11-27-32(30,31)22(15)19(24)8-14;1-12-5-6-15-8-17(16-9-18(23)21-19(10-16)27-31(29,30)28-21)20(26-22(15)25-12)14-4-2-3-13(7-14)11-24;22-16-7-13(8-17-20(16)27-31(29,30)26-17)14-9-15-18(28)4-5-24-21(15)25-19(14)12-3-1-2-11(6-12)10-23/h2-4,6-7,9-11,28H,5,8H2,1H3,(H,27,29,30);2-9,27H,11H2,1H3,(H,26,28,29);2-10,27-28H,1H2,(H,25,26);1-9,26-27H,(H,24,25,28). The molecule has 0 unspecified atom stereocenters. The quantitative estimate of drug-likeness (QED) is 0.0675. The predicted octanol–water partition coefficient (Wildman–Crippen LogP) is 16.6. The van der Waals surface area contributed by atoms with E-state index in [0.29, 0.717) is 169 Å². The Morgan fingerprint density at radius 1 is 0.402 bits per heavy atom. The molecule has 0 bridgehead atoms. The number of nitrogens with one attached hydrogen (secondary N) is 10. The fourth-order valence-corrected chi connectivity index (χ4v) is 21.7. The third-order valence-corrected chi connectivity index (χ3v) is 27.8. The van der Waals surface area contributed by atoms with Gasteiger partial charge in [0.2, 0.25) is 20.0 Å². The van der Waals surface area contributed by atoms with Crippen molar-refractivity contribution in [2.24, 2.45) is 0 Å². The van der Waals surface area contributed by atoms with Crippen molar-refractivity contribution >= 4 is 155 Å². The van der Waals surface area contributed by atoms with E-state index in [0.717, 1.165) is 38.9 Å². The van der Waals surface area contributed by atoms with Gasteiger partial charge in [-0.1, -0.05) is 102 Å². The Hall–Kier alpha value is -14.7. The van der Waals surface area contributed by atoms with Crippen LogP contribution >= 0.6 is 46.4 Å². The summed E-state index contributed by atoms with van der Waals surface area (Å²) in [4.78, 5) is 65.5. The molecule has 0 amide bonds. The Morgan fingerprint density at radius 3 is 1.28 bits per heavy atom. The molecule has 0 aliphatic carbocycles. The molecule has 5 aliphatic heterocycles. The number of halogens is 4. The highest BCUT2D eigenvalue weighted by Gasteiger charge is 2.34. The third-order valence-electron chi connectivity index (χ3n) is 21.3. The Labute approximate surface area is 742 Å². The number of nitriles is 4. The number of anilines is 5. The maximum Gasteiger partial charge on any atom is 0.321 e. The number of pyridine rings is 7. The molecule has 0 spiro atoms. The first-order chi connectivity index (χ1) is 60.8. The van der Waals surface area contributed by atoms with Crippen molar-refractivity contribution in [3.63, 3.8) is 0 Å². The van der Waals surface area contributed by atoms with Gasteiger partial charge in [-0.15, -0.1) is 0 Å². The predicted molar refractivity (Wildman–Crippen MR) is 490 cm³/mol. The molecular weight excluding hydrogens is 1780 g/mol. The van der Waals surface area contributed by atoms with E-state index >= 15 is 0 Å². The maximum absolute atomic E-state index is 12.5. The fourth-order valence-electron chi connectivity index (χ4n) is 15.3. The lowest BCUT2D eigenvalue weighted by molar-refractivity contribution is 0.573.